The van der Waals surface area contributed by atoms with Gasteiger partial charge in [0.15, 0.2) is 17.7 Å². The number of hydrogen-bond acceptors (Lipinski definition) is 8. The molecule has 2 saturated heterocycles. The number of alkyl halides is 6. The summed E-state index contributed by atoms with van der Waals surface area (Å²) in [5.74, 6) is -3.22. The molecule has 8 nitrogen and oxygen atoms in total. The summed E-state index contributed by atoms with van der Waals surface area (Å²) in [7, 11) is 0. The van der Waals surface area contributed by atoms with E-state index in [1.54, 1.807) is 12.4 Å². The zero-order valence-corrected chi connectivity index (χ0v) is 31.1. The van der Waals surface area contributed by atoms with Crippen molar-refractivity contribution in [2.24, 2.45) is 5.41 Å². The Morgan fingerprint density at radius 1 is 0.944 bits per heavy atom. The molecule has 0 amide bonds. The van der Waals surface area contributed by atoms with Crippen molar-refractivity contribution in [3.63, 3.8) is 0 Å². The molecule has 4 aliphatic rings. The Hall–Kier alpha value is -3.49. The Labute approximate surface area is 311 Å². The number of halogens is 6. The van der Waals surface area contributed by atoms with Crippen LogP contribution in [0.5, 0.6) is 5.75 Å². The minimum atomic E-state index is -4.60. The van der Waals surface area contributed by atoms with Crippen LogP contribution in [-0.4, -0.2) is 64.2 Å². The number of fused-ring (bicyclic) bond motifs is 1. The van der Waals surface area contributed by atoms with Gasteiger partial charge in [-0.2, -0.15) is 13.2 Å². The molecule has 7 rings (SSSR count). The normalized spacial score (nSPS) is 25.0. The van der Waals surface area contributed by atoms with Crippen LogP contribution >= 0.6 is 0 Å². The van der Waals surface area contributed by atoms with E-state index in [1.165, 1.54) is 0 Å². The fourth-order valence-corrected chi connectivity index (χ4v) is 8.65. The molecule has 294 valence electrons. The van der Waals surface area contributed by atoms with Crippen LogP contribution in [0, 0.1) is 5.41 Å². The highest BCUT2D eigenvalue weighted by molar-refractivity contribution is 5.51. The van der Waals surface area contributed by atoms with Crippen LogP contribution in [0.4, 0.5) is 32.3 Å². The van der Waals surface area contributed by atoms with Crippen molar-refractivity contribution >= 4 is 5.95 Å². The van der Waals surface area contributed by atoms with Crippen molar-refractivity contribution in [1.29, 1.82) is 0 Å². The van der Waals surface area contributed by atoms with Crippen LogP contribution in [0.15, 0.2) is 36.7 Å². The van der Waals surface area contributed by atoms with E-state index >= 15 is 4.39 Å². The van der Waals surface area contributed by atoms with E-state index < -0.39 is 41.6 Å². The standard InChI is InChI=1S/C40H48F6N4O4/c1-37(2)17-29-32(30(51)18-37)31(23-9-13-39(42,43)14-10-23)33(34(41)24-5-7-26(8-6-24)40(44,45)46)35(49-29)25-11-15-50(16-12-25)36-47-19-27(20-48-36)52-21-28-22-53-38(3,4)54-28/h5-8,19-20,23,25,28,30,34,51H,9-18,21-22H2,1-4H3/t28-,30+,34+/m1/s1. The number of aliphatic hydroxyl groups is 1. The van der Waals surface area contributed by atoms with Gasteiger partial charge in [-0.3, -0.25) is 4.98 Å². The zero-order chi connectivity index (χ0) is 38.6. The lowest BCUT2D eigenvalue weighted by Crippen LogP contribution is -2.36. The lowest BCUT2D eigenvalue weighted by atomic mass is 9.68. The lowest BCUT2D eigenvalue weighted by molar-refractivity contribution is -0.141. The quantitative estimate of drug-likeness (QED) is 0.228. The van der Waals surface area contributed by atoms with Crippen molar-refractivity contribution in [2.45, 2.75) is 127 Å². The minimum absolute atomic E-state index is 0.0166. The molecule has 3 aromatic rings. The number of nitrogens with zero attached hydrogens (tertiary/aromatic N) is 4. The molecule has 1 saturated carbocycles. The number of pyridine rings is 1. The van der Waals surface area contributed by atoms with E-state index in [2.05, 4.69) is 9.97 Å². The first-order valence-electron chi connectivity index (χ1n) is 18.8. The second kappa shape index (κ2) is 14.5. The van der Waals surface area contributed by atoms with E-state index in [9.17, 15) is 27.1 Å². The molecule has 0 spiro atoms. The molecule has 0 radical (unpaired) electrons. The second-order valence-corrected chi connectivity index (χ2v) is 16.6. The van der Waals surface area contributed by atoms with Gasteiger partial charge in [-0.05, 0) is 87.0 Å². The molecule has 54 heavy (non-hydrogen) atoms. The van der Waals surface area contributed by atoms with E-state index in [4.69, 9.17) is 19.2 Å². The van der Waals surface area contributed by atoms with Crippen molar-refractivity contribution in [1.82, 2.24) is 15.0 Å². The molecule has 4 heterocycles. The molecule has 2 aromatic heterocycles. The summed E-state index contributed by atoms with van der Waals surface area (Å²) in [4.78, 5) is 16.2. The summed E-state index contributed by atoms with van der Waals surface area (Å²) in [6.07, 6.45) is -3.04. The van der Waals surface area contributed by atoms with Gasteiger partial charge in [-0.1, -0.05) is 26.0 Å². The predicted octanol–water partition coefficient (Wildman–Crippen LogP) is 9.16. The average molecular weight is 763 g/mol. The Morgan fingerprint density at radius 3 is 2.19 bits per heavy atom. The van der Waals surface area contributed by atoms with Crippen molar-refractivity contribution in [3.8, 4) is 5.75 Å². The van der Waals surface area contributed by atoms with Crippen molar-refractivity contribution < 1.29 is 45.7 Å². The maximum atomic E-state index is 17.3. The van der Waals surface area contributed by atoms with Crippen LogP contribution in [0.2, 0.25) is 0 Å². The van der Waals surface area contributed by atoms with Crippen LogP contribution in [0.1, 0.15) is 136 Å². The van der Waals surface area contributed by atoms with E-state index in [-0.39, 0.29) is 60.9 Å². The molecule has 1 N–H and O–H groups in total. The Kier molecular flexibility index (Phi) is 10.4. The van der Waals surface area contributed by atoms with Crippen LogP contribution in [0.3, 0.4) is 0 Å². The van der Waals surface area contributed by atoms with Gasteiger partial charge in [0.2, 0.25) is 11.9 Å². The first-order chi connectivity index (χ1) is 25.4. The fourth-order valence-electron chi connectivity index (χ4n) is 8.65. The third kappa shape index (κ3) is 8.35. The molecule has 0 unspecified atom stereocenters. The van der Waals surface area contributed by atoms with E-state index in [1.807, 2.05) is 32.6 Å². The summed E-state index contributed by atoms with van der Waals surface area (Å²) in [6.45, 7) is 9.49. The Morgan fingerprint density at radius 2 is 1.59 bits per heavy atom. The molecule has 14 heteroatoms. The molecule has 1 aromatic carbocycles. The SMILES string of the molecule is CC1(C)Cc2nc(C3CCN(c4ncc(OC[C@@H]5COC(C)(C)O5)cn4)CC3)c([C@@H](F)c3ccc(C(F)(F)F)cc3)c(C3CCC(F)(F)CC3)c2[C@@H](O)C1. The van der Waals surface area contributed by atoms with Gasteiger partial charge in [0.1, 0.15) is 12.7 Å². The van der Waals surface area contributed by atoms with Gasteiger partial charge in [-0.15, -0.1) is 0 Å². The highest BCUT2D eigenvalue weighted by Crippen LogP contribution is 2.52. The third-order valence-electron chi connectivity index (χ3n) is 11.3. The number of aromatic nitrogens is 3. The molecule has 2 aliphatic carbocycles. The second-order valence-electron chi connectivity index (χ2n) is 16.6. The highest BCUT2D eigenvalue weighted by Gasteiger charge is 2.44. The van der Waals surface area contributed by atoms with Crippen LogP contribution in [0.25, 0.3) is 0 Å². The number of benzene rings is 1. The van der Waals surface area contributed by atoms with E-state index in [0.29, 0.717) is 79.6 Å². The maximum Gasteiger partial charge on any atom is 0.416 e. The Bertz CT molecular complexity index is 1790. The van der Waals surface area contributed by atoms with Crippen LogP contribution in [-0.2, 0) is 22.1 Å². The lowest BCUT2D eigenvalue weighted by Gasteiger charge is -2.41. The molecule has 2 aliphatic heterocycles. The highest BCUT2D eigenvalue weighted by atomic mass is 19.4. The molecule has 3 atom stereocenters. The first-order valence-corrected chi connectivity index (χ1v) is 18.8. The predicted molar refractivity (Wildman–Crippen MR) is 188 cm³/mol. The number of ether oxygens (including phenoxy) is 3. The number of rotatable bonds is 8. The molecular weight excluding hydrogens is 714 g/mol. The van der Waals surface area contributed by atoms with Crippen molar-refractivity contribution in [2.75, 3.05) is 31.2 Å². The van der Waals surface area contributed by atoms with Gasteiger partial charge in [0.05, 0.1) is 36.4 Å². The van der Waals surface area contributed by atoms with Gasteiger partial charge in [0, 0.05) is 48.7 Å². The van der Waals surface area contributed by atoms with E-state index in [0.717, 1.165) is 24.3 Å². The largest absolute Gasteiger partial charge is 0.488 e. The smallest absolute Gasteiger partial charge is 0.416 e. The van der Waals surface area contributed by atoms with Gasteiger partial charge >= 0.3 is 6.18 Å². The van der Waals surface area contributed by atoms with Gasteiger partial charge < -0.3 is 24.2 Å². The zero-order valence-electron chi connectivity index (χ0n) is 31.1. The average Bonchev–Trinajstić information content (AvgIpc) is 3.47. The third-order valence-corrected chi connectivity index (χ3v) is 11.3. The summed E-state index contributed by atoms with van der Waals surface area (Å²) < 4.78 is 104. The molecule has 0 bridgehead atoms. The fraction of sp³-hybridized carbons (Fsp3) is 0.625. The van der Waals surface area contributed by atoms with Crippen LogP contribution < -0.4 is 9.64 Å². The molecule has 3 fully saturated rings. The minimum Gasteiger partial charge on any atom is -0.488 e. The number of aliphatic hydroxyl groups excluding tert-OH is 1. The molecular formula is C40H48F6N4O4. The summed E-state index contributed by atoms with van der Waals surface area (Å²) in [5, 5.41) is 11.6. The summed E-state index contributed by atoms with van der Waals surface area (Å²) >= 11 is 0. The number of hydrogen-bond donors (Lipinski definition) is 1. The summed E-state index contributed by atoms with van der Waals surface area (Å²) in [6, 6.07) is 3.99. The number of anilines is 1. The topological polar surface area (TPSA) is 89.8 Å². The Balaban J connectivity index is 1.20. The monoisotopic (exact) mass is 762 g/mol. The van der Waals surface area contributed by atoms with Gasteiger partial charge in [-0.25, -0.2) is 23.1 Å². The first kappa shape index (κ1) is 38.8. The summed E-state index contributed by atoms with van der Waals surface area (Å²) in [5.41, 5.74) is 1.16. The maximum absolute atomic E-state index is 17.3. The van der Waals surface area contributed by atoms with Crippen molar-refractivity contribution in [3.05, 3.63) is 75.9 Å². The van der Waals surface area contributed by atoms with Gasteiger partial charge in [0.25, 0.3) is 0 Å². The number of piperidine rings is 1.